The fourth-order valence-electron chi connectivity index (χ4n) is 1.36. The number of aromatic nitrogens is 1. The van der Waals surface area contributed by atoms with E-state index < -0.39 is 26.8 Å². The van der Waals surface area contributed by atoms with E-state index in [1.165, 1.54) is 10.9 Å². The summed E-state index contributed by atoms with van der Waals surface area (Å²) in [5.41, 5.74) is 6.19. The Labute approximate surface area is 127 Å². The highest BCUT2D eigenvalue weighted by atomic mass is 35.5. The Morgan fingerprint density at radius 1 is 1.48 bits per heavy atom. The molecule has 21 heavy (non-hydrogen) atoms. The van der Waals surface area contributed by atoms with Gasteiger partial charge in [-0.2, -0.15) is 0 Å². The highest BCUT2D eigenvalue weighted by Crippen LogP contribution is 2.30. The van der Waals surface area contributed by atoms with Crippen LogP contribution in [0.4, 0.5) is 15.0 Å². The fraction of sp³-hybridized carbons (Fsp3) is 0. The van der Waals surface area contributed by atoms with Gasteiger partial charge in [0.25, 0.3) is 10.0 Å². The highest BCUT2D eigenvalue weighted by molar-refractivity contribution is 7.92. The zero-order valence-corrected chi connectivity index (χ0v) is 12.4. The maximum atomic E-state index is 13.9. The molecule has 1 heterocycles. The van der Waals surface area contributed by atoms with Crippen LogP contribution in [0.2, 0.25) is 5.02 Å². The molecule has 0 aliphatic heterocycles. The number of rotatable bonds is 4. The molecule has 0 aliphatic rings. The van der Waals surface area contributed by atoms with Crippen LogP contribution >= 0.6 is 22.9 Å². The predicted molar refractivity (Wildman–Crippen MR) is 74.5 cm³/mol. The second kappa shape index (κ2) is 5.84. The first-order valence-electron chi connectivity index (χ1n) is 5.17. The summed E-state index contributed by atoms with van der Waals surface area (Å²) in [7, 11) is -4.22. The number of amides is 1. The average Bonchev–Trinajstić information content (AvgIpc) is 2.84. The first kappa shape index (κ1) is 15.5. The third-order valence-corrected chi connectivity index (χ3v) is 4.41. The second-order valence-electron chi connectivity index (χ2n) is 3.61. The summed E-state index contributed by atoms with van der Waals surface area (Å²) in [6.45, 7) is 0. The Morgan fingerprint density at radius 2 is 2.19 bits per heavy atom. The molecule has 2 rings (SSSR count). The van der Waals surface area contributed by atoms with E-state index in [0.29, 0.717) is 6.07 Å². The van der Waals surface area contributed by atoms with Crippen LogP contribution in [0.1, 0.15) is 0 Å². The van der Waals surface area contributed by atoms with Crippen molar-refractivity contribution in [1.29, 1.82) is 0 Å². The summed E-state index contributed by atoms with van der Waals surface area (Å²) in [4.78, 5) is 13.6. The zero-order valence-electron chi connectivity index (χ0n) is 10.0. The molecule has 1 aromatic carbocycles. The summed E-state index contributed by atoms with van der Waals surface area (Å²) >= 11 is 6.89. The summed E-state index contributed by atoms with van der Waals surface area (Å²) in [5, 5.41) is 1.15. The largest absolute Gasteiger partial charge is 0.410 e. The van der Waals surface area contributed by atoms with E-state index >= 15 is 0 Å². The zero-order chi connectivity index (χ0) is 15.6. The Morgan fingerprint density at radius 3 is 2.76 bits per heavy atom. The quantitative estimate of drug-likeness (QED) is 0.877. The lowest BCUT2D eigenvalue weighted by molar-refractivity contribution is 0.210. The van der Waals surface area contributed by atoms with Gasteiger partial charge in [0.05, 0.1) is 10.5 Å². The Kier molecular flexibility index (Phi) is 4.30. The van der Waals surface area contributed by atoms with E-state index in [9.17, 15) is 17.6 Å². The van der Waals surface area contributed by atoms with Crippen molar-refractivity contribution >= 4 is 44.9 Å². The monoisotopic (exact) mass is 351 g/mol. The molecule has 2 aromatic rings. The SMILES string of the molecule is NC(=O)Oc1cc(F)c(S(=O)(=O)Nc2cscn2)cc1Cl. The van der Waals surface area contributed by atoms with Crippen molar-refractivity contribution in [1.82, 2.24) is 4.98 Å². The van der Waals surface area contributed by atoms with Crippen molar-refractivity contribution in [3.63, 3.8) is 0 Å². The molecule has 0 spiro atoms. The molecule has 0 saturated heterocycles. The first-order chi connectivity index (χ1) is 9.79. The molecule has 7 nitrogen and oxygen atoms in total. The van der Waals surface area contributed by atoms with Crippen molar-refractivity contribution < 1.29 is 22.3 Å². The number of anilines is 1. The van der Waals surface area contributed by atoms with E-state index in [4.69, 9.17) is 17.3 Å². The minimum atomic E-state index is -4.22. The summed E-state index contributed by atoms with van der Waals surface area (Å²) in [6, 6.07) is 1.46. The molecule has 0 bridgehead atoms. The van der Waals surface area contributed by atoms with Crippen LogP contribution in [0, 0.1) is 5.82 Å². The predicted octanol–water partition coefficient (Wildman–Crippen LogP) is 2.19. The van der Waals surface area contributed by atoms with E-state index in [1.54, 1.807) is 0 Å². The number of halogens is 2. The molecule has 3 N–H and O–H groups in total. The number of ether oxygens (including phenoxy) is 1. The lowest BCUT2D eigenvalue weighted by Crippen LogP contribution is -2.18. The van der Waals surface area contributed by atoms with Gasteiger partial charge < -0.3 is 10.5 Å². The summed E-state index contributed by atoms with van der Waals surface area (Å²) in [6.07, 6.45) is -1.20. The van der Waals surface area contributed by atoms with Crippen LogP contribution in [0.25, 0.3) is 0 Å². The maximum absolute atomic E-state index is 13.9. The normalized spacial score (nSPS) is 11.1. The standard InChI is InChI=1S/C10H7ClFN3O4S2/c11-5-1-8(6(12)2-7(5)19-10(13)16)21(17,18)15-9-3-20-4-14-9/h1-4,15H,(H2,13,16). The average molecular weight is 352 g/mol. The van der Waals surface area contributed by atoms with Gasteiger partial charge in [0.1, 0.15) is 10.7 Å². The lowest BCUT2D eigenvalue weighted by Gasteiger charge is -2.09. The molecular formula is C10H7ClFN3O4S2. The van der Waals surface area contributed by atoms with Crippen LogP contribution in [0.3, 0.4) is 0 Å². The number of nitrogens with zero attached hydrogens (tertiary/aromatic N) is 1. The van der Waals surface area contributed by atoms with Crippen LogP contribution in [-0.4, -0.2) is 19.5 Å². The molecule has 0 saturated carbocycles. The minimum absolute atomic E-state index is 0.0491. The van der Waals surface area contributed by atoms with E-state index in [0.717, 1.165) is 17.4 Å². The topological polar surface area (TPSA) is 111 Å². The van der Waals surface area contributed by atoms with Gasteiger partial charge in [0.2, 0.25) is 0 Å². The molecule has 0 atom stereocenters. The number of hydrogen-bond donors (Lipinski definition) is 2. The van der Waals surface area contributed by atoms with Crippen molar-refractivity contribution in [3.8, 4) is 5.75 Å². The van der Waals surface area contributed by atoms with Crippen LogP contribution in [0.5, 0.6) is 5.75 Å². The second-order valence-corrected chi connectivity index (χ2v) is 6.39. The van der Waals surface area contributed by atoms with Crippen LogP contribution in [0.15, 0.2) is 27.9 Å². The molecule has 1 amide bonds. The van der Waals surface area contributed by atoms with E-state index in [2.05, 4.69) is 14.4 Å². The van der Waals surface area contributed by atoms with Gasteiger partial charge in [-0.05, 0) is 6.07 Å². The Balaban J connectivity index is 2.40. The van der Waals surface area contributed by atoms with Crippen LogP contribution in [-0.2, 0) is 10.0 Å². The number of primary amides is 1. The number of nitrogens with two attached hydrogens (primary N) is 1. The van der Waals surface area contributed by atoms with Gasteiger partial charge in [0, 0.05) is 11.4 Å². The molecule has 0 radical (unpaired) electrons. The van der Waals surface area contributed by atoms with Gasteiger partial charge in [-0.25, -0.2) is 22.6 Å². The molecular weight excluding hydrogens is 345 g/mol. The molecule has 11 heteroatoms. The summed E-state index contributed by atoms with van der Waals surface area (Å²) in [5.74, 6) is -1.49. The van der Waals surface area contributed by atoms with E-state index in [1.807, 2.05) is 0 Å². The number of sulfonamides is 1. The molecule has 1 aromatic heterocycles. The van der Waals surface area contributed by atoms with Gasteiger partial charge in [-0.1, -0.05) is 11.6 Å². The third kappa shape index (κ3) is 3.60. The first-order valence-corrected chi connectivity index (χ1v) is 7.97. The number of carbonyl (C=O) groups is 1. The number of carbonyl (C=O) groups excluding carboxylic acids is 1. The number of nitrogens with one attached hydrogen (secondary N) is 1. The van der Waals surface area contributed by atoms with Crippen molar-refractivity contribution in [2.75, 3.05) is 4.72 Å². The van der Waals surface area contributed by atoms with Gasteiger partial charge in [-0.3, -0.25) is 4.72 Å². The highest BCUT2D eigenvalue weighted by Gasteiger charge is 2.23. The Hall–Kier alpha value is -1.91. The maximum Gasteiger partial charge on any atom is 0.410 e. The minimum Gasteiger partial charge on any atom is -0.409 e. The lowest BCUT2D eigenvalue weighted by atomic mass is 10.3. The number of thiazole rings is 1. The van der Waals surface area contributed by atoms with Crippen LogP contribution < -0.4 is 15.2 Å². The third-order valence-electron chi connectivity index (χ3n) is 2.16. The fourth-order valence-corrected chi connectivity index (χ4v) is 3.27. The molecule has 0 unspecified atom stereocenters. The summed E-state index contributed by atoms with van der Waals surface area (Å²) < 4.78 is 44.5. The number of hydrogen-bond acceptors (Lipinski definition) is 6. The van der Waals surface area contributed by atoms with Crippen molar-refractivity contribution in [2.24, 2.45) is 5.73 Å². The number of benzene rings is 1. The molecule has 0 aliphatic carbocycles. The molecule has 112 valence electrons. The smallest absolute Gasteiger partial charge is 0.409 e. The van der Waals surface area contributed by atoms with Crippen molar-refractivity contribution in [2.45, 2.75) is 4.90 Å². The van der Waals surface area contributed by atoms with E-state index in [-0.39, 0.29) is 16.6 Å². The molecule has 0 fully saturated rings. The van der Waals surface area contributed by atoms with Crippen molar-refractivity contribution in [3.05, 3.63) is 33.9 Å². The van der Waals surface area contributed by atoms with Gasteiger partial charge >= 0.3 is 6.09 Å². The van der Waals surface area contributed by atoms with Gasteiger partial charge in [0.15, 0.2) is 11.6 Å². The Bertz CT molecular complexity index is 780. The van der Waals surface area contributed by atoms with Gasteiger partial charge in [-0.15, -0.1) is 11.3 Å².